The van der Waals surface area contributed by atoms with Crippen LogP contribution in [0, 0.1) is 0 Å². The summed E-state index contributed by atoms with van der Waals surface area (Å²) in [7, 11) is 0. The van der Waals surface area contributed by atoms with Crippen LogP contribution in [0.2, 0.25) is 0 Å². The first-order valence-electron chi connectivity index (χ1n) is 9.68. The monoisotopic (exact) mass is 399 g/mol. The number of carbonyl (C=O) groups is 1. The molecule has 0 saturated carbocycles. The lowest BCUT2D eigenvalue weighted by Crippen LogP contribution is -2.37. The standard InChI is InChI=1S/C20H23N3O3.C2H6.CH4/c1-2-3-9-22-19(20(24)23-14-15-5-4-8-21-13-15)16-6-7-17-18(12-16)26-11-10-25-17;1-2;/h2,4-8,12-13,19,22H,1,3,9-11,14H2,(H,23,24);1-2H3;1H4. The van der Waals surface area contributed by atoms with E-state index in [-0.39, 0.29) is 13.3 Å². The Labute approximate surface area is 174 Å². The van der Waals surface area contributed by atoms with Gasteiger partial charge in [0.05, 0.1) is 0 Å². The quantitative estimate of drug-likeness (QED) is 0.518. The highest BCUT2D eigenvalue weighted by Gasteiger charge is 2.22. The Bertz CT molecular complexity index is 750. The Morgan fingerprint density at radius 3 is 2.69 bits per heavy atom. The van der Waals surface area contributed by atoms with Gasteiger partial charge in [0.15, 0.2) is 11.5 Å². The zero-order valence-electron chi connectivity index (χ0n) is 16.6. The van der Waals surface area contributed by atoms with Gasteiger partial charge >= 0.3 is 0 Å². The molecular weight excluding hydrogens is 366 g/mol. The maximum absolute atomic E-state index is 12.8. The highest BCUT2D eigenvalue weighted by Crippen LogP contribution is 2.32. The van der Waals surface area contributed by atoms with Crippen molar-refractivity contribution in [2.24, 2.45) is 0 Å². The number of nitrogens with zero attached hydrogens (tertiary/aromatic N) is 1. The fourth-order valence-electron chi connectivity index (χ4n) is 2.73. The van der Waals surface area contributed by atoms with Crippen molar-refractivity contribution in [3.05, 3.63) is 66.5 Å². The van der Waals surface area contributed by atoms with E-state index in [4.69, 9.17) is 9.47 Å². The van der Waals surface area contributed by atoms with Gasteiger partial charge in [-0.05, 0) is 42.3 Å². The molecule has 0 spiro atoms. The molecule has 158 valence electrons. The summed E-state index contributed by atoms with van der Waals surface area (Å²) in [5, 5.41) is 6.25. The average molecular weight is 400 g/mol. The molecule has 29 heavy (non-hydrogen) atoms. The van der Waals surface area contributed by atoms with Crippen LogP contribution in [0.1, 0.15) is 44.9 Å². The Morgan fingerprint density at radius 1 is 1.24 bits per heavy atom. The van der Waals surface area contributed by atoms with Crippen LogP contribution >= 0.6 is 0 Å². The second kappa shape index (κ2) is 13.3. The van der Waals surface area contributed by atoms with Gasteiger partial charge in [0.2, 0.25) is 5.91 Å². The van der Waals surface area contributed by atoms with Gasteiger partial charge in [0.1, 0.15) is 19.3 Å². The Morgan fingerprint density at radius 2 is 2.00 bits per heavy atom. The summed E-state index contributed by atoms with van der Waals surface area (Å²) in [4.78, 5) is 16.9. The van der Waals surface area contributed by atoms with Crippen molar-refractivity contribution < 1.29 is 14.3 Å². The van der Waals surface area contributed by atoms with Crippen molar-refractivity contribution >= 4 is 5.91 Å². The maximum atomic E-state index is 12.8. The molecule has 1 aliphatic rings. The normalized spacial score (nSPS) is 12.5. The highest BCUT2D eigenvalue weighted by molar-refractivity contribution is 5.83. The Balaban J connectivity index is 0.00000136. The molecule has 0 bridgehead atoms. The average Bonchev–Trinajstić information content (AvgIpc) is 2.77. The first-order valence-corrected chi connectivity index (χ1v) is 9.68. The summed E-state index contributed by atoms with van der Waals surface area (Å²) in [6.07, 6.45) is 6.04. The minimum Gasteiger partial charge on any atom is -0.486 e. The van der Waals surface area contributed by atoms with Crippen LogP contribution in [0.5, 0.6) is 11.5 Å². The van der Waals surface area contributed by atoms with E-state index in [1.807, 2.05) is 50.3 Å². The third-order valence-electron chi connectivity index (χ3n) is 4.05. The lowest BCUT2D eigenvalue weighted by molar-refractivity contribution is -0.123. The lowest BCUT2D eigenvalue weighted by atomic mass is 10.0. The van der Waals surface area contributed by atoms with Gasteiger partial charge in [-0.25, -0.2) is 0 Å². The summed E-state index contributed by atoms with van der Waals surface area (Å²) >= 11 is 0. The van der Waals surface area contributed by atoms with Crippen LogP contribution in [0.15, 0.2) is 55.4 Å². The van der Waals surface area contributed by atoms with Crippen molar-refractivity contribution in [3.63, 3.8) is 0 Å². The molecule has 2 N–H and O–H groups in total. The van der Waals surface area contributed by atoms with Gasteiger partial charge in [0.25, 0.3) is 0 Å². The predicted octanol–water partition coefficient (Wildman–Crippen LogP) is 4.04. The van der Waals surface area contributed by atoms with Crippen molar-refractivity contribution in [1.29, 1.82) is 0 Å². The smallest absolute Gasteiger partial charge is 0.242 e. The number of nitrogens with one attached hydrogen (secondary N) is 2. The van der Waals surface area contributed by atoms with E-state index in [1.165, 1.54) is 0 Å². The molecule has 2 aromatic rings. The summed E-state index contributed by atoms with van der Waals surface area (Å²) in [6, 6.07) is 8.90. The van der Waals surface area contributed by atoms with Crippen molar-refractivity contribution in [3.8, 4) is 11.5 Å². The van der Waals surface area contributed by atoms with E-state index in [0.29, 0.717) is 37.8 Å². The molecule has 6 heteroatoms. The molecule has 6 nitrogen and oxygen atoms in total. The molecule has 1 atom stereocenters. The van der Waals surface area contributed by atoms with E-state index in [0.717, 1.165) is 17.5 Å². The van der Waals surface area contributed by atoms with Gasteiger partial charge < -0.3 is 20.1 Å². The van der Waals surface area contributed by atoms with Crippen LogP contribution in [0.25, 0.3) is 0 Å². The Kier molecular flexibility index (Phi) is 11.1. The maximum Gasteiger partial charge on any atom is 0.242 e. The molecule has 1 aromatic heterocycles. The first-order chi connectivity index (χ1) is 13.8. The first kappa shape index (κ1) is 24.2. The van der Waals surface area contributed by atoms with E-state index in [1.54, 1.807) is 12.4 Å². The molecule has 0 radical (unpaired) electrons. The number of fused-ring (bicyclic) bond motifs is 1. The summed E-state index contributed by atoms with van der Waals surface area (Å²) in [5.74, 6) is 1.28. The zero-order chi connectivity index (χ0) is 20.2. The number of hydrogen-bond donors (Lipinski definition) is 2. The molecular formula is C23H33N3O3. The zero-order valence-corrected chi connectivity index (χ0v) is 16.6. The van der Waals surface area contributed by atoms with Crippen LogP contribution in [-0.2, 0) is 11.3 Å². The van der Waals surface area contributed by atoms with Gasteiger partial charge in [-0.3, -0.25) is 9.78 Å². The third-order valence-corrected chi connectivity index (χ3v) is 4.05. The molecule has 1 aromatic carbocycles. The van der Waals surface area contributed by atoms with Crippen LogP contribution in [0.4, 0.5) is 0 Å². The highest BCUT2D eigenvalue weighted by atomic mass is 16.6. The van der Waals surface area contributed by atoms with Gasteiger partial charge in [-0.15, -0.1) is 6.58 Å². The molecule has 1 aliphatic heterocycles. The minimum atomic E-state index is -0.484. The molecule has 1 unspecified atom stereocenters. The van der Waals surface area contributed by atoms with Crippen LogP contribution < -0.4 is 20.1 Å². The fourth-order valence-corrected chi connectivity index (χ4v) is 2.73. The predicted molar refractivity (Wildman–Crippen MR) is 117 cm³/mol. The van der Waals surface area contributed by atoms with Crippen molar-refractivity contribution in [1.82, 2.24) is 15.6 Å². The van der Waals surface area contributed by atoms with E-state index in [2.05, 4.69) is 22.2 Å². The topological polar surface area (TPSA) is 72.5 Å². The SMILES string of the molecule is C.C=CCCNC(C(=O)NCc1cccnc1)c1ccc2c(c1)OCCO2.CC. The molecule has 0 saturated heterocycles. The van der Waals surface area contributed by atoms with Crippen LogP contribution in [0.3, 0.4) is 0 Å². The molecule has 1 amide bonds. The number of aromatic nitrogens is 1. The van der Waals surface area contributed by atoms with Gasteiger partial charge in [-0.1, -0.05) is 39.5 Å². The number of ether oxygens (including phenoxy) is 2. The number of rotatable bonds is 8. The van der Waals surface area contributed by atoms with E-state index in [9.17, 15) is 4.79 Å². The van der Waals surface area contributed by atoms with Gasteiger partial charge in [-0.2, -0.15) is 0 Å². The number of hydrogen-bond acceptors (Lipinski definition) is 5. The summed E-state index contributed by atoms with van der Waals surface area (Å²) < 4.78 is 11.2. The van der Waals surface area contributed by atoms with E-state index >= 15 is 0 Å². The van der Waals surface area contributed by atoms with Crippen molar-refractivity contribution in [2.45, 2.75) is 40.3 Å². The summed E-state index contributed by atoms with van der Waals surface area (Å²) in [6.45, 7) is 9.86. The molecule has 0 fully saturated rings. The number of carbonyl (C=O) groups excluding carboxylic acids is 1. The van der Waals surface area contributed by atoms with Crippen LogP contribution in [-0.4, -0.2) is 30.6 Å². The molecule has 2 heterocycles. The molecule has 3 rings (SSSR count). The second-order valence-electron chi connectivity index (χ2n) is 5.95. The van der Waals surface area contributed by atoms with Crippen molar-refractivity contribution in [2.75, 3.05) is 19.8 Å². The lowest BCUT2D eigenvalue weighted by Gasteiger charge is -2.22. The number of pyridine rings is 1. The largest absolute Gasteiger partial charge is 0.486 e. The second-order valence-corrected chi connectivity index (χ2v) is 5.95. The van der Waals surface area contributed by atoms with Gasteiger partial charge in [0, 0.05) is 18.9 Å². The summed E-state index contributed by atoms with van der Waals surface area (Å²) in [5.41, 5.74) is 1.79. The Hall–Kier alpha value is -2.86. The number of amides is 1. The fraction of sp³-hybridized carbons (Fsp3) is 0.391. The number of benzene rings is 1. The molecule has 0 aliphatic carbocycles. The van der Waals surface area contributed by atoms with E-state index < -0.39 is 6.04 Å². The minimum absolute atomic E-state index is 0. The third kappa shape index (κ3) is 7.23.